The molecule has 0 bridgehead atoms. The fraction of sp³-hybridized carbons (Fsp3) is 0.0938. The van der Waals surface area contributed by atoms with Crippen LogP contribution in [-0.2, 0) is 14.1 Å². The summed E-state index contributed by atoms with van der Waals surface area (Å²) in [5, 5.41) is 42.9. The van der Waals surface area contributed by atoms with E-state index in [2.05, 4.69) is 56.4 Å². The molecule has 7 aromatic rings. The molecule has 0 radical (unpaired) electrons. The van der Waals surface area contributed by atoms with Crippen molar-refractivity contribution in [1.82, 2.24) is 61.0 Å². The van der Waals surface area contributed by atoms with Gasteiger partial charge in [0.1, 0.15) is 23.3 Å². The van der Waals surface area contributed by atoms with Gasteiger partial charge in [-0.3, -0.25) is 0 Å². The molecular formula is C32H26F4N14. The average molecular weight is 683 g/mol. The zero-order valence-corrected chi connectivity index (χ0v) is 26.6. The molecular weight excluding hydrogens is 656 g/mol. The van der Waals surface area contributed by atoms with E-state index >= 15 is 0 Å². The maximum Gasteiger partial charge on any atom is 0.204 e. The van der Waals surface area contributed by atoms with Crippen molar-refractivity contribution in [1.29, 1.82) is 5.26 Å². The summed E-state index contributed by atoms with van der Waals surface area (Å²) in [5.41, 5.74) is 2.77. The Labute approximate surface area is 282 Å². The van der Waals surface area contributed by atoms with Crippen LogP contribution in [0.2, 0.25) is 0 Å². The van der Waals surface area contributed by atoms with Gasteiger partial charge in [-0.05, 0) is 106 Å². The third-order valence-electron chi connectivity index (χ3n) is 5.74. The third-order valence-corrected chi connectivity index (χ3v) is 5.74. The molecule has 0 aliphatic rings. The molecule has 3 heterocycles. The standard InChI is InChI=1S/2C8H7FN4.C7H5FN4.C7H4FN.C2H3N/c1-13-8(10-11-12-13)6-2-4-7(9)5-3-6;1-13-11-8(10-12-13)6-2-4-7(9)5-3-6;8-6-3-1-5(2-4-6)7-9-11-12-10-7;1-9-7-4-2-6(8)3-5-7;1-2-3/h2*2-5H,1H3;1-4H,(H,9,10,11,12);2-5H;1H3. The van der Waals surface area contributed by atoms with Crippen molar-refractivity contribution < 1.29 is 17.6 Å². The van der Waals surface area contributed by atoms with Gasteiger partial charge in [0.15, 0.2) is 11.5 Å². The predicted octanol–water partition coefficient (Wildman–Crippen LogP) is 5.94. The quantitative estimate of drug-likeness (QED) is 0.174. The Balaban J connectivity index is 0.000000177. The SMILES string of the molecule is CC#N.Cn1nnc(-c2ccc(F)cc2)n1.Cn1nnnc1-c1ccc(F)cc1.Fc1ccc(-c2nn[nH]n2)cc1.[C-]#[N+]c1ccc(F)cc1. The van der Waals surface area contributed by atoms with Crippen LogP contribution < -0.4 is 0 Å². The van der Waals surface area contributed by atoms with Crippen LogP contribution in [0.3, 0.4) is 0 Å². The smallest absolute Gasteiger partial charge is 0.204 e. The van der Waals surface area contributed by atoms with Crippen molar-refractivity contribution in [2.75, 3.05) is 0 Å². The number of aryl methyl sites for hydroxylation is 2. The number of nitrogens with zero attached hydrogens (tertiary/aromatic N) is 13. The second kappa shape index (κ2) is 19.5. The molecule has 7 rings (SSSR count). The maximum atomic E-state index is 12.6. The molecule has 0 unspecified atom stereocenters. The van der Waals surface area contributed by atoms with Crippen LogP contribution in [-0.4, -0.2) is 61.0 Å². The van der Waals surface area contributed by atoms with Crippen LogP contribution in [0.15, 0.2) is 97.1 Å². The molecule has 50 heavy (non-hydrogen) atoms. The van der Waals surface area contributed by atoms with E-state index in [1.165, 1.54) is 77.1 Å². The molecule has 0 saturated heterocycles. The Kier molecular flexibility index (Phi) is 14.5. The van der Waals surface area contributed by atoms with Gasteiger partial charge in [-0.1, -0.05) is 12.1 Å². The van der Waals surface area contributed by atoms with E-state index in [0.29, 0.717) is 23.2 Å². The first-order valence-corrected chi connectivity index (χ1v) is 14.0. The summed E-state index contributed by atoms with van der Waals surface area (Å²) in [4.78, 5) is 4.45. The van der Waals surface area contributed by atoms with Crippen molar-refractivity contribution in [3.8, 4) is 40.2 Å². The number of nitrogens with one attached hydrogen (secondary N) is 1. The van der Waals surface area contributed by atoms with Gasteiger partial charge in [-0.2, -0.15) is 15.3 Å². The fourth-order valence-electron chi connectivity index (χ4n) is 3.47. The highest BCUT2D eigenvalue weighted by molar-refractivity contribution is 5.54. The number of halogens is 4. The number of hydrogen-bond acceptors (Lipinski definition) is 10. The van der Waals surface area contributed by atoms with Crippen molar-refractivity contribution in [3.05, 3.63) is 132 Å². The molecule has 18 heteroatoms. The topological polar surface area (TPSA) is 170 Å². The van der Waals surface area contributed by atoms with E-state index in [4.69, 9.17) is 11.8 Å². The number of benzene rings is 4. The molecule has 0 aliphatic heterocycles. The summed E-state index contributed by atoms with van der Waals surface area (Å²) in [7, 11) is 3.42. The van der Waals surface area contributed by atoms with E-state index in [1.54, 1.807) is 56.6 Å². The first kappa shape index (κ1) is 37.2. The highest BCUT2D eigenvalue weighted by Gasteiger charge is 2.05. The monoisotopic (exact) mass is 682 g/mol. The van der Waals surface area contributed by atoms with Gasteiger partial charge in [0.2, 0.25) is 11.6 Å². The van der Waals surface area contributed by atoms with Crippen LogP contribution in [0, 0.1) is 41.2 Å². The molecule has 252 valence electrons. The Morgan fingerprint density at radius 3 is 1.50 bits per heavy atom. The number of rotatable bonds is 3. The molecule has 1 N–H and O–H groups in total. The van der Waals surface area contributed by atoms with Crippen molar-refractivity contribution in [2.45, 2.75) is 6.92 Å². The van der Waals surface area contributed by atoms with Gasteiger partial charge >= 0.3 is 0 Å². The van der Waals surface area contributed by atoms with Gasteiger partial charge in [-0.15, -0.1) is 25.5 Å². The molecule has 0 fully saturated rings. The molecule has 0 saturated carbocycles. The molecule has 0 spiro atoms. The fourth-order valence-corrected chi connectivity index (χ4v) is 3.47. The van der Waals surface area contributed by atoms with Gasteiger partial charge < -0.3 is 0 Å². The highest BCUT2D eigenvalue weighted by atomic mass is 19.1. The third kappa shape index (κ3) is 12.2. The minimum absolute atomic E-state index is 0.265. The predicted molar refractivity (Wildman–Crippen MR) is 172 cm³/mol. The number of nitriles is 1. The highest BCUT2D eigenvalue weighted by Crippen LogP contribution is 2.15. The second-order valence-electron chi connectivity index (χ2n) is 9.30. The number of hydrogen-bond donors (Lipinski definition) is 1. The first-order valence-electron chi connectivity index (χ1n) is 14.0. The van der Waals surface area contributed by atoms with Crippen LogP contribution in [0.5, 0.6) is 0 Å². The zero-order valence-electron chi connectivity index (χ0n) is 26.6. The van der Waals surface area contributed by atoms with E-state index in [1.807, 2.05) is 0 Å². The minimum atomic E-state index is -0.303. The molecule has 0 aliphatic carbocycles. The van der Waals surface area contributed by atoms with E-state index in [0.717, 1.165) is 16.7 Å². The van der Waals surface area contributed by atoms with Gasteiger partial charge in [0.25, 0.3) is 0 Å². The van der Waals surface area contributed by atoms with Crippen LogP contribution in [0.25, 0.3) is 39.0 Å². The summed E-state index contributed by atoms with van der Waals surface area (Å²) in [6.45, 7) is 7.95. The number of aromatic amines is 1. The van der Waals surface area contributed by atoms with Crippen molar-refractivity contribution >= 4 is 5.69 Å². The summed E-state index contributed by atoms with van der Waals surface area (Å²) >= 11 is 0. The molecule has 0 atom stereocenters. The lowest BCUT2D eigenvalue weighted by Crippen LogP contribution is -1.94. The zero-order chi connectivity index (χ0) is 36.3. The maximum absolute atomic E-state index is 12.6. The lowest BCUT2D eigenvalue weighted by atomic mass is 10.2. The Morgan fingerprint density at radius 1 is 0.660 bits per heavy atom. The Hall–Kier alpha value is -7.21. The van der Waals surface area contributed by atoms with E-state index in [9.17, 15) is 17.6 Å². The summed E-state index contributed by atoms with van der Waals surface area (Å²) < 4.78 is 51.2. The molecule has 3 aromatic heterocycles. The van der Waals surface area contributed by atoms with Gasteiger partial charge in [0, 0.05) is 30.7 Å². The lowest BCUT2D eigenvalue weighted by Gasteiger charge is -1.97. The van der Waals surface area contributed by atoms with Crippen molar-refractivity contribution in [3.63, 3.8) is 0 Å². The largest absolute Gasteiger partial charge is 0.238 e. The van der Waals surface area contributed by atoms with Crippen LogP contribution in [0.1, 0.15) is 6.92 Å². The Bertz CT molecular complexity index is 2080. The number of H-pyrrole nitrogens is 1. The Morgan fingerprint density at radius 2 is 1.12 bits per heavy atom. The lowest BCUT2D eigenvalue weighted by molar-refractivity contribution is 0.627. The average Bonchev–Trinajstić information content (AvgIpc) is 3.91. The summed E-state index contributed by atoms with van der Waals surface area (Å²) in [6, 6.07) is 25.1. The van der Waals surface area contributed by atoms with Crippen LogP contribution >= 0.6 is 0 Å². The van der Waals surface area contributed by atoms with E-state index < -0.39 is 0 Å². The first-order chi connectivity index (χ1) is 24.1. The van der Waals surface area contributed by atoms with Gasteiger partial charge in [-0.25, -0.2) is 27.1 Å². The summed E-state index contributed by atoms with van der Waals surface area (Å²) in [5.74, 6) is 0.480. The number of aromatic nitrogens is 12. The molecule has 14 nitrogen and oxygen atoms in total. The normalized spacial score (nSPS) is 9.46. The number of tetrazole rings is 3. The van der Waals surface area contributed by atoms with Gasteiger partial charge in [0.05, 0.1) is 19.7 Å². The van der Waals surface area contributed by atoms with E-state index in [-0.39, 0.29) is 23.3 Å². The second-order valence-corrected chi connectivity index (χ2v) is 9.30. The molecule has 4 aromatic carbocycles. The van der Waals surface area contributed by atoms with Crippen molar-refractivity contribution in [2.24, 2.45) is 14.1 Å². The molecule has 0 amide bonds. The minimum Gasteiger partial charge on any atom is -0.238 e. The van der Waals surface area contributed by atoms with Crippen LogP contribution in [0.4, 0.5) is 23.2 Å². The summed E-state index contributed by atoms with van der Waals surface area (Å²) in [6.07, 6.45) is 0.